The molecule has 0 aliphatic heterocycles. The fourth-order valence-electron chi connectivity index (χ4n) is 10.2. The van der Waals surface area contributed by atoms with E-state index in [9.17, 15) is 13.2 Å². The van der Waals surface area contributed by atoms with Gasteiger partial charge in [0.1, 0.15) is 0 Å². The third-order valence-corrected chi connectivity index (χ3v) is 13.4. The molecule has 4 saturated carbocycles. The smallest absolute Gasteiger partial charge is 0.283 e. The van der Waals surface area contributed by atoms with Gasteiger partial charge in [-0.1, -0.05) is 46.5 Å². The molecular weight excluding hydrogens is 508 g/mol. The Kier molecular flexibility index (Phi) is 10.5. The number of hydroxylamine groups is 2. The molecule has 4 aliphatic carbocycles. The predicted octanol–water partition coefficient (Wildman–Crippen LogP) is 6.95. The minimum absolute atomic E-state index is 0.0393. The monoisotopic (exact) mass is 566 g/mol. The number of hydrogen-bond donors (Lipinski definition) is 1. The minimum atomic E-state index is -3.48. The third kappa shape index (κ3) is 7.23. The molecule has 6 nitrogen and oxygen atoms in total. The molecule has 4 unspecified atom stereocenters. The second kappa shape index (κ2) is 13.1. The standard InChI is InChI=1S/C32H58N2O4S/c1-24(13-18-30(35)33-22-10-6-7-11-23-39(36,37)38-34(4)5)27-16-17-28-26-15-14-25-12-8-9-20-31(25,2)29(26)19-21-32(27,28)3/h24-29H,6-23H2,1-5H3,(H,33,35)/t24-,25?,26?,27-,28?,29?,31+,32-/m1/s1. The van der Waals surface area contributed by atoms with Crippen LogP contribution in [-0.4, -0.2) is 45.8 Å². The van der Waals surface area contributed by atoms with Crippen LogP contribution < -0.4 is 5.32 Å². The number of nitrogens with zero attached hydrogens (tertiary/aromatic N) is 1. The summed E-state index contributed by atoms with van der Waals surface area (Å²) < 4.78 is 28.3. The van der Waals surface area contributed by atoms with Gasteiger partial charge in [-0.15, -0.1) is 0 Å². The van der Waals surface area contributed by atoms with Crippen LogP contribution in [0.2, 0.25) is 0 Å². The highest BCUT2D eigenvalue weighted by molar-refractivity contribution is 7.86. The van der Waals surface area contributed by atoms with Crippen LogP contribution in [0, 0.1) is 46.3 Å². The van der Waals surface area contributed by atoms with E-state index in [2.05, 4.69) is 26.1 Å². The van der Waals surface area contributed by atoms with Crippen LogP contribution in [0.5, 0.6) is 0 Å². The lowest BCUT2D eigenvalue weighted by atomic mass is 9.44. The zero-order valence-electron chi connectivity index (χ0n) is 25.7. The van der Waals surface area contributed by atoms with Crippen molar-refractivity contribution in [3.8, 4) is 0 Å². The molecule has 0 aromatic heterocycles. The van der Waals surface area contributed by atoms with Crippen molar-refractivity contribution in [2.24, 2.45) is 46.3 Å². The molecule has 4 rings (SSSR count). The highest BCUT2D eigenvalue weighted by Gasteiger charge is 2.60. The molecule has 0 bridgehead atoms. The van der Waals surface area contributed by atoms with Crippen molar-refractivity contribution < 1.29 is 17.5 Å². The second-order valence-electron chi connectivity index (χ2n) is 14.6. The Balaban J connectivity index is 1.16. The highest BCUT2D eigenvalue weighted by atomic mass is 32.2. The third-order valence-electron chi connectivity index (χ3n) is 12.1. The first-order valence-corrected chi connectivity index (χ1v) is 17.9. The number of hydrogen-bond acceptors (Lipinski definition) is 5. The van der Waals surface area contributed by atoms with E-state index >= 15 is 0 Å². The molecule has 226 valence electrons. The summed E-state index contributed by atoms with van der Waals surface area (Å²) in [5.41, 5.74) is 1.09. The number of amides is 1. The van der Waals surface area contributed by atoms with Crippen LogP contribution in [0.15, 0.2) is 0 Å². The maximum absolute atomic E-state index is 12.6. The van der Waals surface area contributed by atoms with E-state index in [-0.39, 0.29) is 11.7 Å². The molecule has 1 N–H and O–H groups in total. The van der Waals surface area contributed by atoms with Crippen molar-refractivity contribution in [2.75, 3.05) is 26.4 Å². The molecule has 39 heavy (non-hydrogen) atoms. The molecule has 0 radical (unpaired) electrons. The quantitative estimate of drug-likeness (QED) is 0.193. The van der Waals surface area contributed by atoms with Crippen molar-refractivity contribution in [3.63, 3.8) is 0 Å². The Hall–Kier alpha value is -0.660. The lowest BCUT2D eigenvalue weighted by Gasteiger charge is -2.61. The van der Waals surface area contributed by atoms with Gasteiger partial charge in [-0.3, -0.25) is 4.79 Å². The number of fused-ring (bicyclic) bond motifs is 5. The average Bonchev–Trinajstić information content (AvgIpc) is 3.23. The number of rotatable bonds is 13. The summed E-state index contributed by atoms with van der Waals surface area (Å²) in [6.45, 7) is 8.41. The molecule has 0 heterocycles. The first-order chi connectivity index (χ1) is 18.5. The lowest BCUT2D eigenvalue weighted by Crippen LogP contribution is -2.53. The molecule has 0 spiro atoms. The van der Waals surface area contributed by atoms with E-state index in [0.717, 1.165) is 55.3 Å². The normalized spacial score (nSPS) is 37.1. The van der Waals surface area contributed by atoms with E-state index in [4.69, 9.17) is 4.28 Å². The topological polar surface area (TPSA) is 75.7 Å². The summed E-state index contributed by atoms with van der Waals surface area (Å²) >= 11 is 0. The first kappa shape index (κ1) is 31.3. The summed E-state index contributed by atoms with van der Waals surface area (Å²) in [6.07, 6.45) is 19.3. The van der Waals surface area contributed by atoms with Gasteiger partial charge in [-0.25, -0.2) is 0 Å². The fraction of sp³-hybridized carbons (Fsp3) is 0.969. The molecule has 0 saturated heterocycles. The zero-order chi connectivity index (χ0) is 28.3. The van der Waals surface area contributed by atoms with Gasteiger partial charge < -0.3 is 5.32 Å². The molecule has 4 aliphatic rings. The average molecular weight is 567 g/mol. The van der Waals surface area contributed by atoms with E-state index in [0.29, 0.717) is 36.1 Å². The van der Waals surface area contributed by atoms with E-state index in [1.165, 1.54) is 69.3 Å². The molecular formula is C32H58N2O4S. The van der Waals surface area contributed by atoms with Crippen molar-refractivity contribution in [1.82, 2.24) is 10.4 Å². The van der Waals surface area contributed by atoms with Crippen LogP contribution in [-0.2, 0) is 19.2 Å². The van der Waals surface area contributed by atoms with Crippen molar-refractivity contribution in [1.29, 1.82) is 0 Å². The Labute approximate surface area is 239 Å². The molecule has 7 heteroatoms. The summed E-state index contributed by atoms with van der Waals surface area (Å²) in [7, 11) is -0.344. The van der Waals surface area contributed by atoms with Gasteiger partial charge >= 0.3 is 0 Å². The van der Waals surface area contributed by atoms with Crippen molar-refractivity contribution in [2.45, 2.75) is 124 Å². The summed E-state index contributed by atoms with van der Waals surface area (Å²) in [5.74, 6) is 5.39. The first-order valence-electron chi connectivity index (χ1n) is 16.3. The van der Waals surface area contributed by atoms with E-state index in [1.54, 1.807) is 14.1 Å². The number of nitrogens with one attached hydrogen (secondary N) is 1. The van der Waals surface area contributed by atoms with Crippen LogP contribution in [0.25, 0.3) is 0 Å². The predicted molar refractivity (Wildman–Crippen MR) is 158 cm³/mol. The Morgan fingerprint density at radius 1 is 0.923 bits per heavy atom. The molecule has 1 amide bonds. The Bertz CT molecular complexity index is 923. The van der Waals surface area contributed by atoms with Crippen molar-refractivity contribution in [3.05, 3.63) is 0 Å². The maximum atomic E-state index is 12.6. The number of carbonyl (C=O) groups is 1. The van der Waals surface area contributed by atoms with Crippen LogP contribution in [0.4, 0.5) is 0 Å². The zero-order valence-corrected chi connectivity index (χ0v) is 26.5. The minimum Gasteiger partial charge on any atom is -0.356 e. The van der Waals surface area contributed by atoms with Gasteiger partial charge in [-0.05, 0) is 117 Å². The van der Waals surface area contributed by atoms with Crippen LogP contribution in [0.3, 0.4) is 0 Å². The summed E-state index contributed by atoms with van der Waals surface area (Å²) in [4.78, 5) is 12.6. The second-order valence-corrected chi connectivity index (χ2v) is 16.2. The number of carbonyl (C=O) groups excluding carboxylic acids is 1. The van der Waals surface area contributed by atoms with Gasteiger partial charge in [-0.2, -0.15) is 17.8 Å². The van der Waals surface area contributed by atoms with Gasteiger partial charge in [0, 0.05) is 27.1 Å². The Morgan fingerprint density at radius 2 is 1.67 bits per heavy atom. The van der Waals surface area contributed by atoms with Gasteiger partial charge in [0.05, 0.1) is 5.75 Å². The summed E-state index contributed by atoms with van der Waals surface area (Å²) in [5, 5.41) is 4.32. The largest absolute Gasteiger partial charge is 0.356 e. The highest BCUT2D eigenvalue weighted by Crippen LogP contribution is 2.68. The van der Waals surface area contributed by atoms with Gasteiger partial charge in [0.15, 0.2) is 0 Å². The van der Waals surface area contributed by atoms with E-state index < -0.39 is 10.1 Å². The van der Waals surface area contributed by atoms with Crippen LogP contribution >= 0.6 is 0 Å². The maximum Gasteiger partial charge on any atom is 0.283 e. The molecule has 0 aromatic rings. The van der Waals surface area contributed by atoms with Gasteiger partial charge in [0.2, 0.25) is 5.91 Å². The SMILES string of the molecule is C[C@H](CCC(=O)NCCCCCCS(=O)(=O)ON(C)C)[C@H]1CCC2C3CCC4CCCC[C@]4(C)C3CC[C@@]21C. The number of unbranched alkanes of at least 4 members (excludes halogenated alkanes) is 3. The molecule has 0 aromatic carbocycles. The van der Waals surface area contributed by atoms with Gasteiger partial charge in [0.25, 0.3) is 10.1 Å². The Morgan fingerprint density at radius 3 is 2.44 bits per heavy atom. The van der Waals surface area contributed by atoms with Crippen LogP contribution in [0.1, 0.15) is 124 Å². The molecule has 8 atom stereocenters. The van der Waals surface area contributed by atoms with E-state index in [1.807, 2.05) is 0 Å². The van der Waals surface area contributed by atoms with Crippen molar-refractivity contribution >= 4 is 16.0 Å². The summed E-state index contributed by atoms with van der Waals surface area (Å²) in [6, 6.07) is 0. The fourth-order valence-corrected chi connectivity index (χ4v) is 11.3. The lowest BCUT2D eigenvalue weighted by molar-refractivity contribution is -0.122. The molecule has 4 fully saturated rings.